The van der Waals surface area contributed by atoms with Gasteiger partial charge in [-0.1, -0.05) is 0 Å². The normalized spacial score (nSPS) is 21.6. The van der Waals surface area contributed by atoms with Gasteiger partial charge in [0.05, 0.1) is 11.0 Å². The largest absolute Gasteiger partial charge is 0.477 e. The summed E-state index contributed by atoms with van der Waals surface area (Å²) in [4.78, 5) is 21.1. The number of nitrogens with zero attached hydrogens (tertiary/aromatic N) is 1. The summed E-state index contributed by atoms with van der Waals surface area (Å²) in [5.41, 5.74) is -0.228. The number of hydrogen-bond acceptors (Lipinski definition) is 5. The van der Waals surface area contributed by atoms with Gasteiger partial charge in [0, 0.05) is 18.3 Å². The molecule has 0 aromatic heterocycles. The van der Waals surface area contributed by atoms with Gasteiger partial charge in [-0.3, -0.25) is 10.1 Å². The zero-order valence-corrected chi connectivity index (χ0v) is 10.8. The van der Waals surface area contributed by atoms with Crippen LogP contribution in [-0.2, 0) is 0 Å². The minimum Gasteiger partial charge on any atom is -0.477 e. The molecular formula is C13H16N2O5. The minimum absolute atomic E-state index is 0.259. The second kappa shape index (κ2) is 5.87. The number of nitrogens with one attached hydrogen (secondary N) is 1. The molecule has 2 atom stereocenters. The zero-order chi connectivity index (χ0) is 14.7. The Morgan fingerprint density at radius 1 is 1.45 bits per heavy atom. The van der Waals surface area contributed by atoms with Crippen molar-refractivity contribution >= 4 is 17.3 Å². The Bertz CT molecular complexity index is 531. The molecule has 0 radical (unpaired) electrons. The fourth-order valence-electron chi connectivity index (χ4n) is 2.47. The standard InChI is InChI=1S/C13H16N2O5/c16-10-3-1-8(5-10)7-14-9-2-4-11(13(17)18)12(6-9)15(19)20/h2,4,6,8,10,14,16H,1,3,5,7H2,(H,17,18). The van der Waals surface area contributed by atoms with Crippen LogP contribution in [0.15, 0.2) is 18.2 Å². The molecular weight excluding hydrogens is 264 g/mol. The lowest BCUT2D eigenvalue weighted by Crippen LogP contribution is -2.13. The third-order valence-corrected chi connectivity index (χ3v) is 3.53. The van der Waals surface area contributed by atoms with Crippen molar-refractivity contribution in [2.45, 2.75) is 25.4 Å². The number of aromatic carboxylic acids is 1. The summed E-state index contributed by atoms with van der Waals surface area (Å²) in [5, 5.41) is 32.2. The van der Waals surface area contributed by atoms with Crippen molar-refractivity contribution in [2.75, 3.05) is 11.9 Å². The van der Waals surface area contributed by atoms with Gasteiger partial charge in [-0.25, -0.2) is 4.79 Å². The van der Waals surface area contributed by atoms with Crippen LogP contribution in [0, 0.1) is 16.0 Å². The van der Waals surface area contributed by atoms with Crippen molar-refractivity contribution in [1.82, 2.24) is 0 Å². The van der Waals surface area contributed by atoms with Crippen LogP contribution in [0.3, 0.4) is 0 Å². The topological polar surface area (TPSA) is 113 Å². The Hall–Kier alpha value is -2.15. The van der Waals surface area contributed by atoms with Gasteiger partial charge in [-0.2, -0.15) is 0 Å². The van der Waals surface area contributed by atoms with Crippen LogP contribution in [0.2, 0.25) is 0 Å². The average molecular weight is 280 g/mol. The fourth-order valence-corrected chi connectivity index (χ4v) is 2.47. The second-order valence-corrected chi connectivity index (χ2v) is 5.01. The van der Waals surface area contributed by atoms with E-state index < -0.39 is 16.6 Å². The van der Waals surface area contributed by atoms with Crippen LogP contribution < -0.4 is 5.32 Å². The highest BCUT2D eigenvalue weighted by atomic mass is 16.6. The molecule has 0 amide bonds. The number of nitro benzene ring substituents is 1. The number of aliphatic hydroxyl groups is 1. The highest BCUT2D eigenvalue weighted by Gasteiger charge is 2.23. The van der Waals surface area contributed by atoms with Crippen molar-refractivity contribution in [3.05, 3.63) is 33.9 Å². The third kappa shape index (κ3) is 3.24. The van der Waals surface area contributed by atoms with E-state index in [2.05, 4.69) is 5.32 Å². The molecule has 2 rings (SSSR count). The molecule has 7 heteroatoms. The molecule has 7 nitrogen and oxygen atoms in total. The van der Waals surface area contributed by atoms with Crippen LogP contribution in [0.25, 0.3) is 0 Å². The number of hydrogen-bond donors (Lipinski definition) is 3. The van der Waals surface area contributed by atoms with Crippen molar-refractivity contribution in [3.8, 4) is 0 Å². The summed E-state index contributed by atoms with van der Waals surface area (Å²) in [6, 6.07) is 3.98. The van der Waals surface area contributed by atoms with Crippen LogP contribution in [0.4, 0.5) is 11.4 Å². The van der Waals surface area contributed by atoms with E-state index in [-0.39, 0.29) is 11.7 Å². The predicted molar refractivity (Wildman–Crippen MR) is 71.9 cm³/mol. The van der Waals surface area contributed by atoms with E-state index in [4.69, 9.17) is 5.11 Å². The Balaban J connectivity index is 2.07. The highest BCUT2D eigenvalue weighted by molar-refractivity contribution is 5.93. The summed E-state index contributed by atoms with van der Waals surface area (Å²) >= 11 is 0. The first kappa shape index (κ1) is 14.3. The lowest BCUT2D eigenvalue weighted by atomic mass is 10.1. The summed E-state index contributed by atoms with van der Waals surface area (Å²) in [7, 11) is 0. The number of carboxylic acid groups (broad SMARTS) is 1. The lowest BCUT2D eigenvalue weighted by Gasteiger charge is -2.12. The molecule has 2 unspecified atom stereocenters. The predicted octanol–water partition coefficient (Wildman–Crippen LogP) is 1.87. The maximum absolute atomic E-state index is 10.9. The van der Waals surface area contributed by atoms with E-state index in [1.54, 1.807) is 0 Å². The van der Waals surface area contributed by atoms with Crippen LogP contribution in [0.1, 0.15) is 29.6 Å². The third-order valence-electron chi connectivity index (χ3n) is 3.53. The van der Waals surface area contributed by atoms with Gasteiger partial charge in [-0.05, 0) is 37.3 Å². The van der Waals surface area contributed by atoms with Crippen LogP contribution in [-0.4, -0.2) is 33.8 Å². The van der Waals surface area contributed by atoms with Crippen molar-refractivity contribution in [3.63, 3.8) is 0 Å². The number of aliphatic hydroxyl groups excluding tert-OH is 1. The molecule has 1 aromatic rings. The molecule has 3 N–H and O–H groups in total. The summed E-state index contributed by atoms with van der Waals surface area (Å²) in [6.07, 6.45) is 2.17. The maximum Gasteiger partial charge on any atom is 0.342 e. The summed E-state index contributed by atoms with van der Waals surface area (Å²) in [6.45, 7) is 0.612. The minimum atomic E-state index is -1.32. The van der Waals surface area contributed by atoms with Gasteiger partial charge in [0.1, 0.15) is 5.56 Å². The molecule has 0 heterocycles. The molecule has 1 aliphatic carbocycles. The molecule has 0 saturated heterocycles. The number of anilines is 1. The monoisotopic (exact) mass is 280 g/mol. The molecule has 108 valence electrons. The van der Waals surface area contributed by atoms with E-state index in [1.807, 2.05) is 0 Å². The van der Waals surface area contributed by atoms with Gasteiger partial charge in [0.25, 0.3) is 5.69 Å². The smallest absolute Gasteiger partial charge is 0.342 e. The van der Waals surface area contributed by atoms with Gasteiger partial charge in [-0.15, -0.1) is 0 Å². The van der Waals surface area contributed by atoms with E-state index in [1.165, 1.54) is 18.2 Å². The maximum atomic E-state index is 10.9. The Morgan fingerprint density at radius 3 is 2.75 bits per heavy atom. The molecule has 1 saturated carbocycles. The van der Waals surface area contributed by atoms with Crippen LogP contribution >= 0.6 is 0 Å². The number of carbonyl (C=O) groups is 1. The molecule has 0 bridgehead atoms. The molecule has 1 aliphatic rings. The second-order valence-electron chi connectivity index (χ2n) is 5.01. The molecule has 0 aliphatic heterocycles. The van der Waals surface area contributed by atoms with E-state index in [9.17, 15) is 20.0 Å². The lowest BCUT2D eigenvalue weighted by molar-refractivity contribution is -0.385. The van der Waals surface area contributed by atoms with Crippen LogP contribution in [0.5, 0.6) is 0 Å². The number of nitro groups is 1. The van der Waals surface area contributed by atoms with E-state index >= 15 is 0 Å². The van der Waals surface area contributed by atoms with Crippen molar-refractivity contribution in [2.24, 2.45) is 5.92 Å². The van der Waals surface area contributed by atoms with E-state index in [0.717, 1.165) is 19.3 Å². The van der Waals surface area contributed by atoms with Crippen molar-refractivity contribution < 1.29 is 19.9 Å². The Labute approximate surface area is 115 Å². The average Bonchev–Trinajstić information content (AvgIpc) is 2.81. The SMILES string of the molecule is O=C(O)c1ccc(NCC2CCC(O)C2)cc1[N+](=O)[O-]. The molecule has 20 heavy (non-hydrogen) atoms. The van der Waals surface area contributed by atoms with Gasteiger partial charge in [0.2, 0.25) is 0 Å². The first-order valence-corrected chi connectivity index (χ1v) is 6.41. The molecule has 1 aromatic carbocycles. The Kier molecular flexibility index (Phi) is 4.19. The van der Waals surface area contributed by atoms with E-state index in [0.29, 0.717) is 18.2 Å². The molecule has 1 fully saturated rings. The zero-order valence-electron chi connectivity index (χ0n) is 10.8. The summed E-state index contributed by atoms with van der Waals surface area (Å²) in [5.74, 6) is -0.981. The number of carboxylic acids is 1. The number of rotatable bonds is 5. The van der Waals surface area contributed by atoms with Gasteiger partial charge in [0.15, 0.2) is 0 Å². The quantitative estimate of drug-likeness (QED) is 0.560. The number of benzene rings is 1. The van der Waals surface area contributed by atoms with Gasteiger partial charge >= 0.3 is 5.97 Å². The Morgan fingerprint density at radius 2 is 2.20 bits per heavy atom. The molecule has 0 spiro atoms. The first-order chi connectivity index (χ1) is 9.47. The van der Waals surface area contributed by atoms with Gasteiger partial charge < -0.3 is 15.5 Å². The first-order valence-electron chi connectivity index (χ1n) is 6.41. The highest BCUT2D eigenvalue weighted by Crippen LogP contribution is 2.27. The van der Waals surface area contributed by atoms with Crippen molar-refractivity contribution in [1.29, 1.82) is 0 Å². The fraction of sp³-hybridized carbons (Fsp3) is 0.462. The summed E-state index contributed by atoms with van der Waals surface area (Å²) < 4.78 is 0.